The summed E-state index contributed by atoms with van der Waals surface area (Å²) in [4.78, 5) is 13.2. The Morgan fingerprint density at radius 3 is 2.55 bits per heavy atom. The van der Waals surface area contributed by atoms with E-state index in [1.165, 1.54) is 24.0 Å². The second kappa shape index (κ2) is 10.0. The third kappa shape index (κ3) is 5.29. The van der Waals surface area contributed by atoms with Crippen LogP contribution in [0.2, 0.25) is 5.02 Å². The van der Waals surface area contributed by atoms with Gasteiger partial charge in [-0.1, -0.05) is 67.1 Å². The molecule has 0 fully saturated rings. The Morgan fingerprint density at radius 2 is 1.77 bits per heavy atom. The lowest BCUT2D eigenvalue weighted by atomic mass is 9.88. The monoisotopic (exact) mass is 433 g/mol. The zero-order valence-corrected chi connectivity index (χ0v) is 18.6. The maximum absolute atomic E-state index is 13.2. The number of hydrogen-bond acceptors (Lipinski definition) is 2. The Kier molecular flexibility index (Phi) is 6.93. The number of aryl methyl sites for hydroxylation is 2. The fourth-order valence-corrected chi connectivity index (χ4v) is 4.34. The number of amides is 1. The van der Waals surface area contributed by atoms with Crippen LogP contribution in [0, 0.1) is 0 Å². The summed E-state index contributed by atoms with van der Waals surface area (Å²) in [6.07, 6.45) is 5.60. The van der Waals surface area contributed by atoms with Crippen molar-refractivity contribution in [2.24, 2.45) is 0 Å². The quantitative estimate of drug-likeness (QED) is 0.451. The first-order chi connectivity index (χ1) is 15.1. The molecule has 0 spiro atoms. The average Bonchev–Trinajstić information content (AvgIpc) is 2.82. The minimum atomic E-state index is -0.171. The smallest absolute Gasteiger partial charge is 0.255 e. The number of benzene rings is 3. The number of nitrogens with one attached hydrogen (secondary N) is 1. The molecule has 0 saturated carbocycles. The summed E-state index contributed by atoms with van der Waals surface area (Å²) in [6.45, 7) is 2.49. The van der Waals surface area contributed by atoms with Crippen molar-refractivity contribution in [1.82, 2.24) is 5.32 Å². The first-order valence-corrected chi connectivity index (χ1v) is 11.4. The first-order valence-electron chi connectivity index (χ1n) is 11.0. The topological polar surface area (TPSA) is 38.3 Å². The summed E-state index contributed by atoms with van der Waals surface area (Å²) in [5.74, 6) is 0.362. The van der Waals surface area contributed by atoms with Gasteiger partial charge in [0.25, 0.3) is 5.91 Å². The molecule has 0 unspecified atom stereocenters. The van der Waals surface area contributed by atoms with E-state index in [4.69, 9.17) is 16.3 Å². The maximum atomic E-state index is 13.2. The molecule has 0 bridgehead atoms. The van der Waals surface area contributed by atoms with Gasteiger partial charge in [-0.3, -0.25) is 4.79 Å². The highest BCUT2D eigenvalue weighted by Gasteiger charge is 2.20. The minimum Gasteiger partial charge on any atom is -0.488 e. The van der Waals surface area contributed by atoms with E-state index in [1.807, 2.05) is 30.3 Å². The molecule has 31 heavy (non-hydrogen) atoms. The van der Waals surface area contributed by atoms with Crippen LogP contribution in [0.5, 0.6) is 5.75 Å². The molecule has 4 rings (SSSR count). The van der Waals surface area contributed by atoms with Gasteiger partial charge in [-0.2, -0.15) is 0 Å². The van der Waals surface area contributed by atoms with Gasteiger partial charge in [-0.25, -0.2) is 0 Å². The number of ether oxygens (including phenoxy) is 1. The van der Waals surface area contributed by atoms with Crippen LogP contribution < -0.4 is 10.1 Å². The molecule has 160 valence electrons. The summed E-state index contributed by atoms with van der Waals surface area (Å²) in [5, 5.41) is 3.71. The average molecular weight is 434 g/mol. The maximum Gasteiger partial charge on any atom is 0.255 e. The molecule has 0 aliphatic heterocycles. The van der Waals surface area contributed by atoms with Gasteiger partial charge in [-0.05, 0) is 72.6 Å². The van der Waals surface area contributed by atoms with Crippen molar-refractivity contribution >= 4 is 17.5 Å². The van der Waals surface area contributed by atoms with Gasteiger partial charge in [0.2, 0.25) is 0 Å². The van der Waals surface area contributed by atoms with Gasteiger partial charge in [0.1, 0.15) is 12.4 Å². The van der Waals surface area contributed by atoms with E-state index in [0.717, 1.165) is 30.4 Å². The Labute approximate surface area is 189 Å². The fourth-order valence-electron chi connectivity index (χ4n) is 4.17. The van der Waals surface area contributed by atoms with Crippen LogP contribution in [0.25, 0.3) is 0 Å². The SMILES string of the molecule is CC[C@H](NC(=O)c1cc(Cl)ccc1OCc1ccccc1)c1ccc2c(c1)CCCC2. The summed E-state index contributed by atoms with van der Waals surface area (Å²) < 4.78 is 5.98. The highest BCUT2D eigenvalue weighted by atomic mass is 35.5. The second-order valence-corrected chi connectivity index (χ2v) is 8.52. The van der Waals surface area contributed by atoms with Crippen molar-refractivity contribution < 1.29 is 9.53 Å². The molecule has 4 heteroatoms. The number of carbonyl (C=O) groups is 1. The van der Waals surface area contributed by atoms with Gasteiger partial charge in [-0.15, -0.1) is 0 Å². The minimum absolute atomic E-state index is 0.0549. The number of carbonyl (C=O) groups excluding carboxylic acids is 1. The standard InChI is InChI=1S/C27H28ClNO2/c1-2-25(22-13-12-20-10-6-7-11-21(20)16-22)29-27(30)24-17-23(28)14-15-26(24)31-18-19-8-4-3-5-9-19/h3-5,8-9,12-17,25H,2,6-7,10-11,18H2,1H3,(H,29,30)/t25-/m0/s1. The van der Waals surface area contributed by atoms with Gasteiger partial charge < -0.3 is 10.1 Å². The molecule has 3 aromatic carbocycles. The molecule has 1 aliphatic rings. The van der Waals surface area contributed by atoms with Gasteiger partial charge in [0.15, 0.2) is 0 Å². The number of rotatable bonds is 7. The predicted molar refractivity (Wildman–Crippen MR) is 126 cm³/mol. The number of fused-ring (bicyclic) bond motifs is 1. The number of halogens is 1. The summed E-state index contributed by atoms with van der Waals surface area (Å²) in [6, 6.07) is 21.7. The molecular weight excluding hydrogens is 406 g/mol. The van der Waals surface area contributed by atoms with E-state index in [9.17, 15) is 4.79 Å². The van der Waals surface area contributed by atoms with Crippen LogP contribution >= 0.6 is 11.6 Å². The molecule has 0 saturated heterocycles. The largest absolute Gasteiger partial charge is 0.488 e. The lowest BCUT2D eigenvalue weighted by Crippen LogP contribution is -2.28. The molecule has 1 aliphatic carbocycles. The third-order valence-corrected chi connectivity index (χ3v) is 6.15. The normalized spacial score (nSPS) is 13.9. The van der Waals surface area contributed by atoms with Crippen molar-refractivity contribution in [2.45, 2.75) is 51.7 Å². The van der Waals surface area contributed by atoms with Gasteiger partial charge >= 0.3 is 0 Å². The van der Waals surface area contributed by atoms with Crippen LogP contribution in [0.1, 0.15) is 64.8 Å². The molecule has 0 heterocycles. The number of hydrogen-bond donors (Lipinski definition) is 1. The fraction of sp³-hybridized carbons (Fsp3) is 0.296. The summed E-state index contributed by atoms with van der Waals surface area (Å²) in [7, 11) is 0. The zero-order valence-electron chi connectivity index (χ0n) is 17.9. The van der Waals surface area contributed by atoms with E-state index in [-0.39, 0.29) is 11.9 Å². The summed E-state index contributed by atoms with van der Waals surface area (Å²) >= 11 is 6.21. The van der Waals surface area contributed by atoms with Crippen LogP contribution in [-0.2, 0) is 19.4 Å². The molecule has 1 atom stereocenters. The second-order valence-electron chi connectivity index (χ2n) is 8.08. The molecule has 3 aromatic rings. The lowest BCUT2D eigenvalue weighted by Gasteiger charge is -2.22. The Bertz CT molecular complexity index is 1050. The van der Waals surface area contributed by atoms with Crippen molar-refractivity contribution in [1.29, 1.82) is 0 Å². The molecule has 0 radical (unpaired) electrons. The van der Waals surface area contributed by atoms with Gasteiger partial charge in [0, 0.05) is 5.02 Å². The highest BCUT2D eigenvalue weighted by Crippen LogP contribution is 2.28. The molecule has 1 amide bonds. The van der Waals surface area contributed by atoms with Crippen LogP contribution in [-0.4, -0.2) is 5.91 Å². The van der Waals surface area contributed by atoms with Crippen molar-refractivity contribution in [3.8, 4) is 5.75 Å². The summed E-state index contributed by atoms with van der Waals surface area (Å²) in [5.41, 5.74) is 5.53. The first kappa shape index (κ1) is 21.5. The van der Waals surface area contributed by atoms with E-state index in [2.05, 4.69) is 30.4 Å². The molecule has 1 N–H and O–H groups in total. The highest BCUT2D eigenvalue weighted by molar-refractivity contribution is 6.31. The van der Waals surface area contributed by atoms with Crippen molar-refractivity contribution in [3.05, 3.63) is 99.6 Å². The third-order valence-electron chi connectivity index (χ3n) is 5.91. The molecule has 3 nitrogen and oxygen atoms in total. The Balaban J connectivity index is 1.52. The molecular formula is C27H28ClNO2. The van der Waals surface area contributed by atoms with Crippen molar-refractivity contribution in [3.63, 3.8) is 0 Å². The molecule has 0 aromatic heterocycles. The Hall–Kier alpha value is -2.78. The van der Waals surface area contributed by atoms with E-state index in [0.29, 0.717) is 22.9 Å². The van der Waals surface area contributed by atoms with Crippen LogP contribution in [0.3, 0.4) is 0 Å². The Morgan fingerprint density at radius 1 is 1.00 bits per heavy atom. The lowest BCUT2D eigenvalue weighted by molar-refractivity contribution is 0.0931. The van der Waals surface area contributed by atoms with E-state index >= 15 is 0 Å². The predicted octanol–water partition coefficient (Wildman–Crippen LogP) is 6.68. The van der Waals surface area contributed by atoms with Crippen LogP contribution in [0.4, 0.5) is 0 Å². The van der Waals surface area contributed by atoms with Crippen molar-refractivity contribution in [2.75, 3.05) is 0 Å². The van der Waals surface area contributed by atoms with Gasteiger partial charge in [0.05, 0.1) is 11.6 Å². The van der Waals surface area contributed by atoms with E-state index < -0.39 is 0 Å². The van der Waals surface area contributed by atoms with Crippen LogP contribution in [0.15, 0.2) is 66.7 Å². The van der Waals surface area contributed by atoms with E-state index in [1.54, 1.807) is 18.2 Å². The zero-order chi connectivity index (χ0) is 21.6.